The van der Waals surface area contributed by atoms with Crippen LogP contribution in [0.15, 0.2) is 18.2 Å². The minimum Gasteiger partial charge on any atom is -0.445 e. The second kappa shape index (κ2) is 6.58. The van der Waals surface area contributed by atoms with Crippen molar-refractivity contribution in [1.29, 1.82) is 0 Å². The monoisotopic (exact) mass is 329 g/mol. The molecule has 2 atom stereocenters. The van der Waals surface area contributed by atoms with Crippen molar-refractivity contribution in [3.63, 3.8) is 0 Å². The summed E-state index contributed by atoms with van der Waals surface area (Å²) in [6.45, 7) is 7.36. The molecule has 1 fully saturated rings. The van der Waals surface area contributed by atoms with Gasteiger partial charge in [0, 0.05) is 43.6 Å². The first-order valence-electron chi connectivity index (χ1n) is 9.17. The Morgan fingerprint density at radius 2 is 2.00 bits per heavy atom. The highest BCUT2D eigenvalue weighted by Gasteiger charge is 2.60. The van der Waals surface area contributed by atoms with E-state index < -0.39 is 5.60 Å². The van der Waals surface area contributed by atoms with E-state index in [0.717, 1.165) is 50.0 Å². The highest BCUT2D eigenvalue weighted by molar-refractivity contribution is 5.97. The molecule has 1 aromatic carbocycles. The van der Waals surface area contributed by atoms with E-state index in [4.69, 9.17) is 4.74 Å². The van der Waals surface area contributed by atoms with Crippen LogP contribution in [0.4, 0.5) is 5.69 Å². The van der Waals surface area contributed by atoms with Gasteiger partial charge in [0.15, 0.2) is 5.78 Å². The van der Waals surface area contributed by atoms with Gasteiger partial charge in [-0.25, -0.2) is 0 Å². The van der Waals surface area contributed by atoms with Gasteiger partial charge in [0.05, 0.1) is 0 Å². The SMILES string of the molecule is CCN(CC)c1cccc2c1C1(OC(C)=O)C(=O)CCCCCC21. The lowest BCUT2D eigenvalue weighted by Gasteiger charge is -2.51. The van der Waals surface area contributed by atoms with Crippen LogP contribution in [-0.4, -0.2) is 24.8 Å². The number of ketones is 1. The van der Waals surface area contributed by atoms with Crippen molar-refractivity contribution >= 4 is 17.4 Å². The van der Waals surface area contributed by atoms with Crippen LogP contribution in [0, 0.1) is 0 Å². The lowest BCUT2D eigenvalue weighted by atomic mass is 9.58. The third-order valence-corrected chi connectivity index (χ3v) is 5.53. The Bertz CT molecular complexity index is 650. The predicted octanol–water partition coefficient (Wildman–Crippen LogP) is 3.92. The Kier molecular flexibility index (Phi) is 4.66. The number of Topliss-reactive ketones (excluding diaryl/α,β-unsaturated/α-hetero) is 1. The second-order valence-electron chi connectivity index (χ2n) is 6.82. The number of hydrogen-bond donors (Lipinski definition) is 0. The van der Waals surface area contributed by atoms with Gasteiger partial charge in [-0.05, 0) is 38.3 Å². The molecule has 0 amide bonds. The first-order valence-corrected chi connectivity index (χ1v) is 9.17. The quantitative estimate of drug-likeness (QED) is 0.786. The number of esters is 1. The summed E-state index contributed by atoms with van der Waals surface area (Å²) in [5.74, 6) is -0.275. The number of anilines is 1. The molecule has 1 aromatic rings. The molecule has 0 heterocycles. The molecule has 24 heavy (non-hydrogen) atoms. The van der Waals surface area contributed by atoms with Crippen LogP contribution in [0.25, 0.3) is 0 Å². The standard InChI is InChI=1S/C20H27NO3/c1-4-21(5-2)17-12-9-10-15-16-11-7-6-8-13-18(23)20(16,19(15)17)24-14(3)22/h9-10,12,16H,4-8,11,13H2,1-3H3. The number of fused-ring (bicyclic) bond motifs is 4. The molecular weight excluding hydrogens is 302 g/mol. The van der Waals surface area contributed by atoms with Crippen LogP contribution >= 0.6 is 0 Å². The minimum absolute atomic E-state index is 0.0136. The second-order valence-corrected chi connectivity index (χ2v) is 6.82. The normalized spacial score (nSPS) is 25.6. The number of hydrogen-bond acceptors (Lipinski definition) is 4. The maximum Gasteiger partial charge on any atom is 0.303 e. The number of carbonyl (C=O) groups excluding carboxylic acids is 2. The summed E-state index contributed by atoms with van der Waals surface area (Å²) in [4.78, 5) is 27.2. The lowest BCUT2D eigenvalue weighted by Crippen LogP contribution is -2.54. The summed E-state index contributed by atoms with van der Waals surface area (Å²) in [5.41, 5.74) is 2.13. The summed E-state index contributed by atoms with van der Waals surface area (Å²) in [5, 5.41) is 0. The fraction of sp³-hybridized carbons (Fsp3) is 0.600. The highest BCUT2D eigenvalue weighted by Crippen LogP contribution is 2.59. The van der Waals surface area contributed by atoms with Crippen molar-refractivity contribution in [2.24, 2.45) is 0 Å². The fourth-order valence-electron chi connectivity index (χ4n) is 4.49. The van der Waals surface area contributed by atoms with Crippen molar-refractivity contribution in [2.75, 3.05) is 18.0 Å². The summed E-state index contributed by atoms with van der Waals surface area (Å²) in [6.07, 6.45) is 4.44. The van der Waals surface area contributed by atoms with E-state index >= 15 is 0 Å². The van der Waals surface area contributed by atoms with Crippen molar-refractivity contribution in [2.45, 2.75) is 64.4 Å². The Hall–Kier alpha value is -1.84. The van der Waals surface area contributed by atoms with E-state index in [1.54, 1.807) is 0 Å². The van der Waals surface area contributed by atoms with E-state index in [9.17, 15) is 9.59 Å². The topological polar surface area (TPSA) is 46.6 Å². The molecule has 0 spiro atoms. The maximum absolute atomic E-state index is 13.1. The molecule has 130 valence electrons. The van der Waals surface area contributed by atoms with Crippen LogP contribution in [-0.2, 0) is 19.9 Å². The smallest absolute Gasteiger partial charge is 0.303 e. The molecule has 0 radical (unpaired) electrons. The van der Waals surface area contributed by atoms with Crippen molar-refractivity contribution in [1.82, 2.24) is 0 Å². The molecule has 0 aromatic heterocycles. The Morgan fingerprint density at radius 1 is 1.25 bits per heavy atom. The van der Waals surface area contributed by atoms with Gasteiger partial charge in [0.25, 0.3) is 0 Å². The van der Waals surface area contributed by atoms with Crippen molar-refractivity contribution in [3.8, 4) is 0 Å². The average Bonchev–Trinajstić information content (AvgIpc) is 2.55. The van der Waals surface area contributed by atoms with Crippen molar-refractivity contribution < 1.29 is 14.3 Å². The van der Waals surface area contributed by atoms with Gasteiger partial charge < -0.3 is 9.64 Å². The molecule has 3 rings (SSSR count). The van der Waals surface area contributed by atoms with Crippen molar-refractivity contribution in [3.05, 3.63) is 29.3 Å². The molecule has 4 heteroatoms. The Labute approximate surface area is 144 Å². The van der Waals surface area contributed by atoms with Gasteiger partial charge in [0.1, 0.15) is 0 Å². The zero-order valence-electron chi connectivity index (χ0n) is 14.9. The predicted molar refractivity (Wildman–Crippen MR) is 94.3 cm³/mol. The third kappa shape index (κ3) is 2.43. The van der Waals surface area contributed by atoms with Crippen LogP contribution in [0.3, 0.4) is 0 Å². The molecule has 0 aliphatic heterocycles. The number of carbonyl (C=O) groups is 2. The van der Waals surface area contributed by atoms with E-state index in [1.165, 1.54) is 12.5 Å². The third-order valence-electron chi connectivity index (χ3n) is 5.53. The van der Waals surface area contributed by atoms with Gasteiger partial charge in [-0.3, -0.25) is 9.59 Å². The summed E-state index contributed by atoms with van der Waals surface area (Å²) in [7, 11) is 0. The first kappa shape index (κ1) is 17.0. The van der Waals surface area contributed by atoms with E-state index in [-0.39, 0.29) is 17.7 Å². The number of benzene rings is 1. The zero-order valence-corrected chi connectivity index (χ0v) is 14.9. The fourth-order valence-corrected chi connectivity index (χ4v) is 4.49. The van der Waals surface area contributed by atoms with Gasteiger partial charge in [0.2, 0.25) is 5.60 Å². The summed E-state index contributed by atoms with van der Waals surface area (Å²) >= 11 is 0. The number of ether oxygens (including phenoxy) is 1. The molecule has 0 bridgehead atoms. The van der Waals surface area contributed by atoms with Crippen LogP contribution in [0.2, 0.25) is 0 Å². The Balaban J connectivity index is 2.18. The van der Waals surface area contributed by atoms with Gasteiger partial charge in [-0.1, -0.05) is 25.0 Å². The molecule has 4 nitrogen and oxygen atoms in total. The lowest BCUT2D eigenvalue weighted by molar-refractivity contribution is -0.175. The summed E-state index contributed by atoms with van der Waals surface area (Å²) in [6, 6.07) is 6.22. The van der Waals surface area contributed by atoms with E-state index in [0.29, 0.717) is 6.42 Å². The molecule has 0 saturated heterocycles. The Morgan fingerprint density at radius 3 is 2.67 bits per heavy atom. The van der Waals surface area contributed by atoms with Crippen LogP contribution in [0.5, 0.6) is 0 Å². The van der Waals surface area contributed by atoms with Crippen LogP contribution in [0.1, 0.15) is 69.9 Å². The molecule has 2 unspecified atom stereocenters. The van der Waals surface area contributed by atoms with Gasteiger partial charge in [-0.15, -0.1) is 0 Å². The van der Waals surface area contributed by atoms with E-state index in [2.05, 4.69) is 36.9 Å². The molecular formula is C20H27NO3. The van der Waals surface area contributed by atoms with E-state index in [1.807, 2.05) is 0 Å². The zero-order chi connectivity index (χ0) is 17.3. The largest absolute Gasteiger partial charge is 0.445 e. The molecule has 2 aliphatic rings. The van der Waals surface area contributed by atoms with Gasteiger partial charge in [-0.2, -0.15) is 0 Å². The maximum atomic E-state index is 13.1. The minimum atomic E-state index is -1.05. The van der Waals surface area contributed by atoms with Crippen LogP contribution < -0.4 is 4.90 Å². The molecule has 2 aliphatic carbocycles. The molecule has 0 N–H and O–H groups in total. The first-order chi connectivity index (χ1) is 11.6. The average molecular weight is 329 g/mol. The summed E-state index contributed by atoms with van der Waals surface area (Å²) < 4.78 is 5.82. The van der Waals surface area contributed by atoms with Gasteiger partial charge >= 0.3 is 5.97 Å². The number of nitrogens with zero attached hydrogens (tertiary/aromatic N) is 1. The number of rotatable bonds is 4. The highest BCUT2D eigenvalue weighted by atomic mass is 16.6. The molecule has 1 saturated carbocycles.